The van der Waals surface area contributed by atoms with Crippen molar-refractivity contribution in [2.24, 2.45) is 7.05 Å². The van der Waals surface area contributed by atoms with Gasteiger partial charge in [-0.2, -0.15) is 4.57 Å². The number of aryl methyl sites for hydroxylation is 1. The Morgan fingerprint density at radius 1 is 1.26 bits per heavy atom. The number of benzene rings is 1. The highest BCUT2D eigenvalue weighted by atomic mass is 79.9. The molecule has 1 aromatic carbocycles. The van der Waals surface area contributed by atoms with E-state index in [0.29, 0.717) is 11.0 Å². The molecule has 5 nitrogen and oxygen atoms in total. The quantitative estimate of drug-likeness (QED) is 0.748. The highest BCUT2D eigenvalue weighted by Crippen LogP contribution is 2.19. The lowest BCUT2D eigenvalue weighted by atomic mass is 10.2. The number of nitrogens with zero attached hydrogens (tertiary/aromatic N) is 2. The highest BCUT2D eigenvalue weighted by molar-refractivity contribution is 9.10. The van der Waals surface area contributed by atoms with Crippen LogP contribution in [0.25, 0.3) is 11.0 Å². The Balaban J connectivity index is 2.64. The first kappa shape index (κ1) is 13.9. The fourth-order valence-corrected chi connectivity index (χ4v) is 2.14. The maximum atomic E-state index is 12.1. The van der Waals surface area contributed by atoms with Crippen molar-refractivity contribution in [2.75, 3.05) is 0 Å². The first-order valence-corrected chi connectivity index (χ1v) is 6.60. The van der Waals surface area contributed by atoms with Crippen LogP contribution in [0.4, 0.5) is 4.79 Å². The zero-order chi connectivity index (χ0) is 14.4. The number of ether oxygens (including phenoxy) is 1. The summed E-state index contributed by atoms with van der Waals surface area (Å²) in [7, 11) is 1.62. The molecule has 0 bridgehead atoms. The predicted octanol–water partition coefficient (Wildman–Crippen LogP) is 2.89. The summed E-state index contributed by atoms with van der Waals surface area (Å²) in [4.78, 5) is 24.2. The molecule has 2 rings (SSSR count). The van der Waals surface area contributed by atoms with E-state index in [1.54, 1.807) is 46.0 Å². The van der Waals surface area contributed by atoms with E-state index in [-0.39, 0.29) is 0 Å². The van der Waals surface area contributed by atoms with Gasteiger partial charge in [-0.25, -0.2) is 9.59 Å². The normalized spacial score (nSPS) is 11.8. The Morgan fingerprint density at radius 2 is 1.89 bits per heavy atom. The summed E-state index contributed by atoms with van der Waals surface area (Å²) in [6, 6.07) is 5.28. The van der Waals surface area contributed by atoms with E-state index in [0.717, 1.165) is 9.04 Å². The van der Waals surface area contributed by atoms with Gasteiger partial charge in [-0.1, -0.05) is 15.9 Å². The van der Waals surface area contributed by atoms with Crippen molar-refractivity contribution >= 4 is 33.1 Å². The Morgan fingerprint density at radius 3 is 2.47 bits per heavy atom. The van der Waals surface area contributed by atoms with E-state index in [9.17, 15) is 9.59 Å². The Labute approximate surface area is 118 Å². The topological polar surface area (TPSA) is 53.2 Å². The molecule has 0 aliphatic carbocycles. The summed E-state index contributed by atoms with van der Waals surface area (Å²) in [5, 5.41) is 0. The van der Waals surface area contributed by atoms with Gasteiger partial charge >= 0.3 is 11.8 Å². The molecule has 0 aliphatic rings. The van der Waals surface area contributed by atoms with Crippen LogP contribution >= 0.6 is 15.9 Å². The van der Waals surface area contributed by atoms with Gasteiger partial charge in [-0.15, -0.1) is 0 Å². The number of rotatable bonds is 0. The number of hydrogen-bond donors (Lipinski definition) is 0. The fraction of sp³-hybridized carbons (Fsp3) is 0.385. The molecule has 6 heteroatoms. The average Bonchev–Trinajstić information content (AvgIpc) is 2.50. The number of hydrogen-bond acceptors (Lipinski definition) is 3. The molecule has 102 valence electrons. The Kier molecular flexibility index (Phi) is 3.30. The number of halogens is 1. The maximum absolute atomic E-state index is 12.1. The summed E-state index contributed by atoms with van der Waals surface area (Å²) < 4.78 is 8.57. The molecule has 0 spiro atoms. The average molecular weight is 327 g/mol. The van der Waals surface area contributed by atoms with Crippen LogP contribution in [0.2, 0.25) is 0 Å². The van der Waals surface area contributed by atoms with Gasteiger partial charge in [0, 0.05) is 11.5 Å². The minimum atomic E-state index is -0.662. The van der Waals surface area contributed by atoms with Crippen molar-refractivity contribution in [1.82, 2.24) is 9.13 Å². The monoisotopic (exact) mass is 326 g/mol. The Hall–Kier alpha value is -1.56. The fourth-order valence-electron chi connectivity index (χ4n) is 1.79. The summed E-state index contributed by atoms with van der Waals surface area (Å²) >= 11 is 3.35. The van der Waals surface area contributed by atoms with Crippen LogP contribution in [0, 0.1) is 0 Å². The standard InChI is InChI=1S/C13H15BrN2O3/c1-13(2,3)19-12(18)16-9-6-5-8(14)7-10(9)15(4)11(16)17/h5-7H,1-4H3. The van der Waals surface area contributed by atoms with Crippen molar-refractivity contribution < 1.29 is 9.53 Å². The lowest BCUT2D eigenvalue weighted by Crippen LogP contribution is -2.33. The first-order valence-electron chi connectivity index (χ1n) is 5.81. The van der Waals surface area contributed by atoms with Gasteiger partial charge in [0.25, 0.3) is 0 Å². The van der Waals surface area contributed by atoms with Gasteiger partial charge in [-0.05, 0) is 39.0 Å². The van der Waals surface area contributed by atoms with Gasteiger partial charge in [-0.3, -0.25) is 4.57 Å². The molecule has 0 unspecified atom stereocenters. The number of carbonyl (C=O) groups is 1. The third-order valence-electron chi connectivity index (χ3n) is 2.59. The van der Waals surface area contributed by atoms with Gasteiger partial charge in [0.1, 0.15) is 5.60 Å². The summed E-state index contributed by atoms with van der Waals surface area (Å²) in [6.45, 7) is 5.28. The molecule has 1 heterocycles. The first-order chi connectivity index (χ1) is 8.70. The summed E-state index contributed by atoms with van der Waals surface area (Å²) in [6.07, 6.45) is -0.662. The van der Waals surface area contributed by atoms with Crippen molar-refractivity contribution in [2.45, 2.75) is 26.4 Å². The van der Waals surface area contributed by atoms with Crippen LogP contribution in [-0.4, -0.2) is 20.8 Å². The second-order valence-electron chi connectivity index (χ2n) is 5.29. The zero-order valence-corrected chi connectivity index (χ0v) is 12.8. The molecule has 0 amide bonds. The molecular weight excluding hydrogens is 312 g/mol. The number of imidazole rings is 1. The molecule has 0 fully saturated rings. The lowest BCUT2D eigenvalue weighted by Gasteiger charge is -2.19. The molecular formula is C13H15BrN2O3. The van der Waals surface area contributed by atoms with Crippen molar-refractivity contribution in [3.8, 4) is 0 Å². The maximum Gasteiger partial charge on any atom is 0.423 e. The second kappa shape index (κ2) is 4.52. The molecule has 0 saturated heterocycles. The number of aromatic nitrogens is 2. The van der Waals surface area contributed by atoms with E-state index >= 15 is 0 Å². The molecule has 0 N–H and O–H groups in total. The van der Waals surface area contributed by atoms with E-state index in [4.69, 9.17) is 4.74 Å². The van der Waals surface area contributed by atoms with E-state index in [1.807, 2.05) is 0 Å². The van der Waals surface area contributed by atoms with Gasteiger partial charge < -0.3 is 4.74 Å². The summed E-state index contributed by atoms with van der Waals surface area (Å²) in [5.41, 5.74) is 0.145. The zero-order valence-electron chi connectivity index (χ0n) is 11.2. The van der Waals surface area contributed by atoms with Crippen molar-refractivity contribution in [1.29, 1.82) is 0 Å². The van der Waals surface area contributed by atoms with Crippen LogP contribution in [0.15, 0.2) is 27.5 Å². The van der Waals surface area contributed by atoms with E-state index in [2.05, 4.69) is 15.9 Å². The minimum Gasteiger partial charge on any atom is -0.443 e. The van der Waals surface area contributed by atoms with Crippen LogP contribution in [-0.2, 0) is 11.8 Å². The number of fused-ring (bicyclic) bond motifs is 1. The van der Waals surface area contributed by atoms with Crippen LogP contribution in [0.1, 0.15) is 20.8 Å². The molecule has 2 aromatic rings. The van der Waals surface area contributed by atoms with Gasteiger partial charge in [0.05, 0.1) is 11.0 Å². The van der Waals surface area contributed by atoms with E-state index < -0.39 is 17.4 Å². The third-order valence-corrected chi connectivity index (χ3v) is 3.09. The summed E-state index contributed by atoms with van der Waals surface area (Å²) in [5.74, 6) is 0. The molecule has 19 heavy (non-hydrogen) atoms. The van der Waals surface area contributed by atoms with E-state index in [1.165, 1.54) is 4.57 Å². The SMILES string of the molecule is Cn1c(=O)n(C(=O)OC(C)(C)C)c2ccc(Br)cc21. The molecule has 0 radical (unpaired) electrons. The molecule has 0 atom stereocenters. The predicted molar refractivity (Wildman–Crippen MR) is 76.5 cm³/mol. The van der Waals surface area contributed by atoms with Crippen LogP contribution in [0.5, 0.6) is 0 Å². The van der Waals surface area contributed by atoms with Crippen LogP contribution < -0.4 is 5.69 Å². The largest absolute Gasteiger partial charge is 0.443 e. The van der Waals surface area contributed by atoms with Gasteiger partial charge in [0.2, 0.25) is 0 Å². The second-order valence-corrected chi connectivity index (χ2v) is 6.21. The molecule has 1 aromatic heterocycles. The van der Waals surface area contributed by atoms with Crippen molar-refractivity contribution in [3.05, 3.63) is 33.2 Å². The van der Waals surface area contributed by atoms with Crippen LogP contribution in [0.3, 0.4) is 0 Å². The van der Waals surface area contributed by atoms with Gasteiger partial charge in [0.15, 0.2) is 0 Å². The smallest absolute Gasteiger partial charge is 0.423 e. The lowest BCUT2D eigenvalue weighted by molar-refractivity contribution is 0.0537. The molecule has 0 aliphatic heterocycles. The Bertz CT molecular complexity index is 707. The third kappa shape index (κ3) is 2.58. The number of carbonyl (C=O) groups excluding carboxylic acids is 1. The minimum absolute atomic E-state index is 0.414. The molecule has 0 saturated carbocycles. The van der Waals surface area contributed by atoms with Crippen molar-refractivity contribution in [3.63, 3.8) is 0 Å². The highest BCUT2D eigenvalue weighted by Gasteiger charge is 2.22.